The fourth-order valence-corrected chi connectivity index (χ4v) is 1.63. The Labute approximate surface area is 97.4 Å². The molecule has 94 valence electrons. The Morgan fingerprint density at radius 3 is 2.19 bits per heavy atom. The lowest BCUT2D eigenvalue weighted by molar-refractivity contribution is -0.141. The van der Waals surface area contributed by atoms with Crippen LogP contribution in [0.25, 0.3) is 0 Å². The van der Waals surface area contributed by atoms with E-state index in [-0.39, 0.29) is 5.91 Å². The fraction of sp³-hybridized carbons (Fsp3) is 0.833. The minimum absolute atomic E-state index is 0.279. The van der Waals surface area contributed by atoms with Gasteiger partial charge in [0.25, 0.3) is 0 Å². The van der Waals surface area contributed by atoms with E-state index in [2.05, 4.69) is 12.2 Å². The molecule has 16 heavy (non-hydrogen) atoms. The van der Waals surface area contributed by atoms with Gasteiger partial charge in [-0.1, -0.05) is 45.4 Å². The lowest BCUT2D eigenvalue weighted by Gasteiger charge is -2.12. The fourth-order valence-electron chi connectivity index (χ4n) is 1.63. The molecule has 0 aliphatic heterocycles. The number of hydrogen-bond donors (Lipinski definition) is 2. The Kier molecular flexibility index (Phi) is 8.58. The summed E-state index contributed by atoms with van der Waals surface area (Å²) in [5.74, 6) is -1.22. The maximum absolute atomic E-state index is 10.8. The molecule has 0 aliphatic rings. The zero-order valence-corrected chi connectivity index (χ0v) is 10.3. The van der Waals surface area contributed by atoms with Gasteiger partial charge in [0.1, 0.15) is 6.04 Å². The number of carbonyl (C=O) groups excluding carboxylic acids is 1. The minimum atomic E-state index is -0.941. The molecule has 4 nitrogen and oxygen atoms in total. The first kappa shape index (κ1) is 14.9. The molecular formula is C12H23NO3. The average Bonchev–Trinajstić information content (AvgIpc) is 2.20. The first-order valence-electron chi connectivity index (χ1n) is 6.07. The predicted molar refractivity (Wildman–Crippen MR) is 63.2 cm³/mol. The average molecular weight is 229 g/mol. The summed E-state index contributed by atoms with van der Waals surface area (Å²) >= 11 is 0. The molecule has 0 aromatic rings. The highest BCUT2D eigenvalue weighted by Crippen LogP contribution is 2.08. The van der Waals surface area contributed by atoms with E-state index in [1.54, 1.807) is 0 Å². The van der Waals surface area contributed by atoms with Gasteiger partial charge in [-0.05, 0) is 6.42 Å². The number of amides is 1. The number of nitrogens with one attached hydrogen (secondary N) is 1. The molecule has 0 aromatic heterocycles. The number of hydrogen-bond acceptors (Lipinski definition) is 2. The van der Waals surface area contributed by atoms with E-state index in [1.807, 2.05) is 0 Å². The van der Waals surface area contributed by atoms with Crippen LogP contribution in [0.2, 0.25) is 0 Å². The van der Waals surface area contributed by atoms with Gasteiger partial charge in [-0.3, -0.25) is 4.79 Å². The Morgan fingerprint density at radius 1 is 1.12 bits per heavy atom. The van der Waals surface area contributed by atoms with Gasteiger partial charge in [-0.2, -0.15) is 0 Å². The Morgan fingerprint density at radius 2 is 1.69 bits per heavy atom. The molecule has 0 saturated carbocycles. The second kappa shape index (κ2) is 9.19. The van der Waals surface area contributed by atoms with E-state index in [9.17, 15) is 9.59 Å². The highest BCUT2D eigenvalue weighted by molar-refractivity contribution is 5.81. The Balaban J connectivity index is 3.60. The normalized spacial score (nSPS) is 12.1. The molecule has 0 heterocycles. The van der Waals surface area contributed by atoms with Crippen molar-refractivity contribution < 1.29 is 14.7 Å². The molecular weight excluding hydrogens is 206 g/mol. The molecule has 0 rings (SSSR count). The number of rotatable bonds is 9. The van der Waals surface area contributed by atoms with E-state index >= 15 is 0 Å². The number of carboxylic acids is 1. The maximum Gasteiger partial charge on any atom is 0.326 e. The zero-order valence-electron chi connectivity index (χ0n) is 10.3. The molecule has 1 atom stereocenters. The lowest BCUT2D eigenvalue weighted by Crippen LogP contribution is -2.39. The van der Waals surface area contributed by atoms with Crippen molar-refractivity contribution >= 4 is 11.9 Å². The van der Waals surface area contributed by atoms with Crippen LogP contribution in [0.5, 0.6) is 0 Å². The summed E-state index contributed by atoms with van der Waals surface area (Å²) < 4.78 is 0. The van der Waals surface area contributed by atoms with Crippen LogP contribution >= 0.6 is 0 Å². The van der Waals surface area contributed by atoms with Gasteiger partial charge in [0.15, 0.2) is 0 Å². The molecule has 2 N–H and O–H groups in total. The summed E-state index contributed by atoms with van der Waals surface area (Å²) in [5.41, 5.74) is 0. The van der Waals surface area contributed by atoms with Crippen LogP contribution < -0.4 is 5.32 Å². The highest BCUT2D eigenvalue weighted by Gasteiger charge is 2.17. The third kappa shape index (κ3) is 8.26. The highest BCUT2D eigenvalue weighted by atomic mass is 16.4. The van der Waals surface area contributed by atoms with Crippen LogP contribution in [0, 0.1) is 0 Å². The molecule has 0 aliphatic carbocycles. The summed E-state index contributed by atoms with van der Waals surface area (Å²) in [4.78, 5) is 21.5. The number of carboxylic acid groups (broad SMARTS) is 1. The van der Waals surface area contributed by atoms with Gasteiger partial charge in [0.05, 0.1) is 0 Å². The van der Waals surface area contributed by atoms with Crippen LogP contribution in [0.4, 0.5) is 0 Å². The van der Waals surface area contributed by atoms with Crippen LogP contribution in [-0.4, -0.2) is 23.0 Å². The summed E-state index contributed by atoms with van der Waals surface area (Å²) in [6.07, 6.45) is 7.26. The van der Waals surface area contributed by atoms with Crippen LogP contribution in [-0.2, 0) is 9.59 Å². The third-order valence-corrected chi connectivity index (χ3v) is 2.52. The maximum atomic E-state index is 10.8. The molecule has 4 heteroatoms. The van der Waals surface area contributed by atoms with Gasteiger partial charge >= 0.3 is 5.97 Å². The van der Waals surface area contributed by atoms with Crippen LogP contribution in [0.3, 0.4) is 0 Å². The molecule has 0 fully saturated rings. The lowest BCUT2D eigenvalue weighted by atomic mass is 10.1. The van der Waals surface area contributed by atoms with Crippen molar-refractivity contribution in [2.24, 2.45) is 0 Å². The van der Waals surface area contributed by atoms with E-state index in [0.717, 1.165) is 19.3 Å². The summed E-state index contributed by atoms with van der Waals surface area (Å²) in [6.45, 7) is 3.51. The largest absolute Gasteiger partial charge is 0.480 e. The van der Waals surface area contributed by atoms with Gasteiger partial charge in [-0.15, -0.1) is 0 Å². The molecule has 0 saturated heterocycles. The number of aliphatic carboxylic acids is 1. The minimum Gasteiger partial charge on any atom is -0.480 e. The Bertz CT molecular complexity index is 216. The van der Waals surface area contributed by atoms with Crippen molar-refractivity contribution in [3.63, 3.8) is 0 Å². The van der Waals surface area contributed by atoms with E-state index in [4.69, 9.17) is 5.11 Å². The molecule has 0 radical (unpaired) electrons. The van der Waals surface area contributed by atoms with Crippen LogP contribution in [0.15, 0.2) is 0 Å². The Hall–Kier alpha value is -1.06. The van der Waals surface area contributed by atoms with Crippen molar-refractivity contribution in [3.05, 3.63) is 0 Å². The quantitative estimate of drug-likeness (QED) is 0.596. The van der Waals surface area contributed by atoms with Gasteiger partial charge in [0.2, 0.25) is 5.91 Å². The van der Waals surface area contributed by atoms with Crippen LogP contribution in [0.1, 0.15) is 58.8 Å². The van der Waals surface area contributed by atoms with Crippen molar-refractivity contribution in [3.8, 4) is 0 Å². The van der Waals surface area contributed by atoms with Crippen molar-refractivity contribution in [1.82, 2.24) is 5.32 Å². The molecule has 0 spiro atoms. The molecule has 0 aromatic carbocycles. The topological polar surface area (TPSA) is 66.4 Å². The first-order chi connectivity index (χ1) is 7.57. The molecule has 0 bridgehead atoms. The van der Waals surface area contributed by atoms with Crippen molar-refractivity contribution in [1.29, 1.82) is 0 Å². The molecule has 1 amide bonds. The number of unbranched alkanes of at least 4 members (excludes halogenated alkanes) is 5. The van der Waals surface area contributed by atoms with E-state index in [0.29, 0.717) is 6.42 Å². The summed E-state index contributed by atoms with van der Waals surface area (Å²) in [6, 6.07) is -0.719. The predicted octanol–water partition coefficient (Wildman–Crippen LogP) is 2.33. The van der Waals surface area contributed by atoms with E-state index in [1.165, 1.54) is 26.2 Å². The van der Waals surface area contributed by atoms with Crippen molar-refractivity contribution in [2.45, 2.75) is 64.8 Å². The van der Waals surface area contributed by atoms with E-state index < -0.39 is 12.0 Å². The van der Waals surface area contributed by atoms with Gasteiger partial charge < -0.3 is 10.4 Å². The summed E-state index contributed by atoms with van der Waals surface area (Å²) in [7, 11) is 0. The van der Waals surface area contributed by atoms with Gasteiger partial charge in [0, 0.05) is 6.92 Å². The second-order valence-corrected chi connectivity index (χ2v) is 4.15. The number of carbonyl (C=O) groups is 2. The first-order valence-corrected chi connectivity index (χ1v) is 6.07. The second-order valence-electron chi connectivity index (χ2n) is 4.15. The monoisotopic (exact) mass is 229 g/mol. The molecule has 1 unspecified atom stereocenters. The SMILES string of the molecule is CCCCCCCCC(NC(C)=O)C(=O)O. The standard InChI is InChI=1S/C12H23NO3/c1-3-4-5-6-7-8-9-11(12(15)16)13-10(2)14/h11H,3-9H2,1-2H3,(H,13,14)(H,15,16). The van der Waals surface area contributed by atoms with Gasteiger partial charge in [-0.25, -0.2) is 4.79 Å². The zero-order chi connectivity index (χ0) is 12.4. The smallest absolute Gasteiger partial charge is 0.326 e. The van der Waals surface area contributed by atoms with Crippen molar-refractivity contribution in [2.75, 3.05) is 0 Å². The summed E-state index contributed by atoms with van der Waals surface area (Å²) in [5, 5.41) is 11.3. The third-order valence-electron chi connectivity index (χ3n) is 2.52.